The molecule has 5 nitrogen and oxygen atoms in total. The Labute approximate surface area is 183 Å². The molecule has 0 radical (unpaired) electrons. The molecule has 1 aliphatic heterocycles. The lowest BCUT2D eigenvalue weighted by Gasteiger charge is -2.40. The molecule has 1 aliphatic carbocycles. The predicted molar refractivity (Wildman–Crippen MR) is 121 cm³/mol. The van der Waals surface area contributed by atoms with Gasteiger partial charge >= 0.3 is 0 Å². The summed E-state index contributed by atoms with van der Waals surface area (Å²) in [4.78, 5) is 5.85. The SMILES string of the molecule is S=c1n(C[NH+]2CCC[C@@H]3CCCC[C@@H]32)nc(-c2ccncc2)n1Cc1ccccc1. The highest BCUT2D eigenvalue weighted by Crippen LogP contribution is 2.28. The second kappa shape index (κ2) is 8.82. The van der Waals surface area contributed by atoms with Gasteiger partial charge in [0, 0.05) is 23.9 Å². The van der Waals surface area contributed by atoms with Crippen molar-refractivity contribution in [1.29, 1.82) is 0 Å². The number of nitrogens with zero attached hydrogens (tertiary/aromatic N) is 4. The molecule has 1 unspecified atom stereocenters. The molecule has 1 aromatic carbocycles. The van der Waals surface area contributed by atoms with Crippen LogP contribution < -0.4 is 4.90 Å². The van der Waals surface area contributed by atoms with Gasteiger partial charge in [0.2, 0.25) is 4.77 Å². The summed E-state index contributed by atoms with van der Waals surface area (Å²) in [6.07, 6.45) is 11.9. The smallest absolute Gasteiger partial charge is 0.203 e. The molecule has 1 N–H and O–H groups in total. The van der Waals surface area contributed by atoms with E-state index in [0.717, 1.165) is 41.3 Å². The molecule has 156 valence electrons. The maximum Gasteiger partial charge on any atom is 0.203 e. The minimum absolute atomic E-state index is 0.735. The van der Waals surface area contributed by atoms with Gasteiger partial charge in [-0.15, -0.1) is 5.10 Å². The first-order valence-corrected chi connectivity index (χ1v) is 11.7. The van der Waals surface area contributed by atoms with Crippen LogP contribution in [0.5, 0.6) is 0 Å². The fourth-order valence-corrected chi connectivity index (χ4v) is 5.68. The normalized spacial score (nSPS) is 23.8. The quantitative estimate of drug-likeness (QED) is 0.640. The Morgan fingerprint density at radius 1 is 0.967 bits per heavy atom. The first-order chi connectivity index (χ1) is 14.8. The number of hydrogen-bond acceptors (Lipinski definition) is 3. The molecule has 0 spiro atoms. The molecule has 2 fully saturated rings. The minimum Gasteiger partial charge on any atom is -0.314 e. The zero-order chi connectivity index (χ0) is 20.3. The van der Waals surface area contributed by atoms with Crippen molar-refractivity contribution in [1.82, 2.24) is 19.3 Å². The number of piperidine rings is 1. The molecule has 2 aromatic heterocycles. The zero-order valence-electron chi connectivity index (χ0n) is 17.4. The van der Waals surface area contributed by atoms with E-state index >= 15 is 0 Å². The third kappa shape index (κ3) is 3.98. The number of likely N-dealkylation sites (tertiary alicyclic amines) is 1. The molecule has 3 heterocycles. The van der Waals surface area contributed by atoms with E-state index in [0.29, 0.717) is 0 Å². The van der Waals surface area contributed by atoms with E-state index in [4.69, 9.17) is 17.3 Å². The third-order valence-electron chi connectivity index (χ3n) is 6.90. The van der Waals surface area contributed by atoms with Crippen LogP contribution in [0.4, 0.5) is 0 Å². The highest BCUT2D eigenvalue weighted by Gasteiger charge is 2.37. The Kier molecular flexibility index (Phi) is 5.77. The van der Waals surface area contributed by atoms with Crippen LogP contribution in [0.15, 0.2) is 54.9 Å². The molecule has 2 aliphatic rings. The van der Waals surface area contributed by atoms with Crippen LogP contribution in [0, 0.1) is 10.7 Å². The average molecular weight is 421 g/mol. The fourth-order valence-electron chi connectivity index (χ4n) is 5.42. The van der Waals surface area contributed by atoms with Crippen molar-refractivity contribution < 1.29 is 4.90 Å². The predicted octanol–water partition coefficient (Wildman–Crippen LogP) is 3.72. The van der Waals surface area contributed by atoms with Crippen molar-refractivity contribution in [3.63, 3.8) is 0 Å². The zero-order valence-corrected chi connectivity index (χ0v) is 18.2. The van der Waals surface area contributed by atoms with Gasteiger partial charge in [-0.25, -0.2) is 0 Å². The fraction of sp³-hybridized carbons (Fsp3) is 0.458. The van der Waals surface area contributed by atoms with Crippen LogP contribution in [0.3, 0.4) is 0 Å². The number of rotatable bonds is 5. The summed E-state index contributed by atoms with van der Waals surface area (Å²) in [6.45, 7) is 2.84. The molecule has 6 heteroatoms. The largest absolute Gasteiger partial charge is 0.314 e. The first kappa shape index (κ1) is 19.6. The van der Waals surface area contributed by atoms with E-state index in [1.54, 1.807) is 4.90 Å². The van der Waals surface area contributed by atoms with Crippen molar-refractivity contribution in [3.8, 4) is 11.4 Å². The lowest BCUT2D eigenvalue weighted by atomic mass is 9.78. The Morgan fingerprint density at radius 3 is 2.57 bits per heavy atom. The average Bonchev–Trinajstić information content (AvgIpc) is 3.10. The van der Waals surface area contributed by atoms with Crippen LogP contribution in [-0.4, -0.2) is 31.9 Å². The van der Waals surface area contributed by atoms with Gasteiger partial charge in [0.25, 0.3) is 0 Å². The molecule has 1 saturated carbocycles. The maximum absolute atomic E-state index is 5.96. The lowest BCUT2D eigenvalue weighted by Crippen LogP contribution is -3.17. The van der Waals surface area contributed by atoms with Crippen molar-refractivity contribution in [2.75, 3.05) is 6.54 Å². The van der Waals surface area contributed by atoms with E-state index in [-0.39, 0.29) is 0 Å². The molecule has 5 rings (SSSR count). The standard InChI is InChI=1S/C24H29N5S/c30-24-28(17-19-7-2-1-3-8-19)23(21-12-14-25-15-13-21)26-29(24)18-27-16-6-10-20-9-4-5-11-22(20)27/h1-3,7-8,12-15,20,22H,4-6,9-11,16-18H2/p+1/t20-,22-/m0/s1. The van der Waals surface area contributed by atoms with Crippen molar-refractivity contribution >= 4 is 12.2 Å². The molecule has 0 amide bonds. The second-order valence-corrected chi connectivity index (χ2v) is 9.14. The maximum atomic E-state index is 5.96. The lowest BCUT2D eigenvalue weighted by molar-refractivity contribution is -0.958. The van der Waals surface area contributed by atoms with E-state index < -0.39 is 0 Å². The second-order valence-electron chi connectivity index (χ2n) is 8.77. The number of quaternary nitrogens is 1. The third-order valence-corrected chi connectivity index (χ3v) is 7.34. The van der Waals surface area contributed by atoms with E-state index in [1.165, 1.54) is 50.6 Å². The van der Waals surface area contributed by atoms with Gasteiger partial charge < -0.3 is 4.90 Å². The summed E-state index contributed by atoms with van der Waals surface area (Å²) < 4.78 is 5.08. The van der Waals surface area contributed by atoms with Gasteiger partial charge in [0.05, 0.1) is 19.1 Å². The Morgan fingerprint density at radius 2 is 1.73 bits per heavy atom. The Bertz CT molecular complexity index is 1020. The number of nitrogens with one attached hydrogen (secondary N) is 1. The summed E-state index contributed by atoms with van der Waals surface area (Å²) in [6, 6.07) is 15.3. The van der Waals surface area contributed by atoms with Crippen LogP contribution in [0.2, 0.25) is 0 Å². The summed E-state index contributed by atoms with van der Waals surface area (Å²) in [7, 11) is 0. The highest BCUT2D eigenvalue weighted by molar-refractivity contribution is 7.71. The summed E-state index contributed by atoms with van der Waals surface area (Å²) in [5, 5.41) is 5.03. The first-order valence-electron chi connectivity index (χ1n) is 11.3. The van der Waals surface area contributed by atoms with E-state index in [9.17, 15) is 0 Å². The monoisotopic (exact) mass is 420 g/mol. The summed E-state index contributed by atoms with van der Waals surface area (Å²) in [5.41, 5.74) is 2.30. The van der Waals surface area contributed by atoms with E-state index in [1.807, 2.05) is 24.5 Å². The minimum atomic E-state index is 0.735. The summed E-state index contributed by atoms with van der Waals surface area (Å²) >= 11 is 5.96. The van der Waals surface area contributed by atoms with Crippen LogP contribution in [0.1, 0.15) is 44.1 Å². The van der Waals surface area contributed by atoms with Gasteiger partial charge in [-0.05, 0) is 62.0 Å². The number of fused-ring (bicyclic) bond motifs is 1. The molecule has 3 aromatic rings. The number of aromatic nitrogens is 4. The van der Waals surface area contributed by atoms with Crippen LogP contribution in [-0.2, 0) is 13.2 Å². The molecule has 1 saturated heterocycles. The van der Waals surface area contributed by atoms with Gasteiger partial charge in [0.1, 0.15) is 0 Å². The van der Waals surface area contributed by atoms with Crippen molar-refractivity contribution in [2.45, 2.75) is 57.8 Å². The number of pyridine rings is 1. The topological polar surface area (TPSA) is 40.1 Å². The molecular formula is C24H30N5S+. The van der Waals surface area contributed by atoms with Gasteiger partial charge in [-0.2, -0.15) is 4.68 Å². The van der Waals surface area contributed by atoms with E-state index in [2.05, 4.69) is 44.6 Å². The van der Waals surface area contributed by atoms with Gasteiger partial charge in [-0.1, -0.05) is 36.8 Å². The van der Waals surface area contributed by atoms with Crippen molar-refractivity contribution in [3.05, 3.63) is 65.2 Å². The molecule has 0 bridgehead atoms. The van der Waals surface area contributed by atoms with Gasteiger partial charge in [0.15, 0.2) is 12.5 Å². The molecule has 3 atom stereocenters. The van der Waals surface area contributed by atoms with Crippen molar-refractivity contribution in [2.24, 2.45) is 5.92 Å². The molecular weight excluding hydrogens is 390 g/mol. The Hall–Kier alpha value is -2.31. The number of benzene rings is 1. The van der Waals surface area contributed by atoms with Crippen LogP contribution >= 0.6 is 12.2 Å². The summed E-state index contributed by atoms with van der Waals surface area (Å²) in [5.74, 6) is 1.82. The van der Waals surface area contributed by atoms with Crippen LogP contribution in [0.25, 0.3) is 11.4 Å². The van der Waals surface area contributed by atoms with Gasteiger partial charge in [-0.3, -0.25) is 9.55 Å². The highest BCUT2D eigenvalue weighted by atomic mass is 32.1. The number of hydrogen-bond donors (Lipinski definition) is 1. The molecule has 30 heavy (non-hydrogen) atoms. The Balaban J connectivity index is 1.49.